The minimum absolute atomic E-state index is 0.520. The third-order valence-electron chi connectivity index (χ3n) is 2.07. The molecule has 2 heterocycles. The molecule has 0 saturated heterocycles. The van der Waals surface area contributed by atoms with Crippen LogP contribution in [0.1, 0.15) is 10.6 Å². The van der Waals surface area contributed by atoms with Gasteiger partial charge in [-0.25, -0.2) is 0 Å². The Morgan fingerprint density at radius 3 is 3.00 bits per heavy atom. The molecule has 4 heteroatoms. The van der Waals surface area contributed by atoms with Crippen molar-refractivity contribution in [3.63, 3.8) is 0 Å². The average Bonchev–Trinajstić information content (AvgIpc) is 2.86. The Morgan fingerprint density at radius 1 is 1.43 bits per heavy atom. The van der Waals surface area contributed by atoms with Crippen LogP contribution in [0.25, 0.3) is 0 Å². The molecule has 74 valence electrons. The highest BCUT2D eigenvalue weighted by Gasteiger charge is 1.98. The first-order chi connectivity index (χ1) is 6.88. The first-order valence-electron chi connectivity index (χ1n) is 4.63. The molecule has 0 fully saturated rings. The van der Waals surface area contributed by atoms with Gasteiger partial charge in [0.25, 0.3) is 0 Å². The van der Waals surface area contributed by atoms with Crippen molar-refractivity contribution in [2.75, 3.05) is 0 Å². The molecule has 0 aromatic carbocycles. The molecule has 14 heavy (non-hydrogen) atoms. The number of aryl methyl sites for hydroxylation is 2. The summed E-state index contributed by atoms with van der Waals surface area (Å²) in [5, 5.41) is 6.43. The van der Waals surface area contributed by atoms with E-state index in [1.807, 2.05) is 16.9 Å². The Bertz CT molecular complexity index is 378. The van der Waals surface area contributed by atoms with Crippen LogP contribution in [0, 0.1) is 0 Å². The molecular weight excluding hydrogens is 194 g/mol. The van der Waals surface area contributed by atoms with E-state index in [-0.39, 0.29) is 0 Å². The average molecular weight is 207 g/mol. The van der Waals surface area contributed by atoms with Gasteiger partial charge in [0.1, 0.15) is 0 Å². The zero-order valence-electron chi connectivity index (χ0n) is 7.89. The summed E-state index contributed by atoms with van der Waals surface area (Å²) < 4.78 is 1.95. The molecule has 0 saturated carbocycles. The van der Waals surface area contributed by atoms with E-state index in [2.05, 4.69) is 22.6 Å². The molecule has 0 unspecified atom stereocenters. The fraction of sp³-hybridized carbons (Fsp3) is 0.300. The lowest BCUT2D eigenvalue weighted by Gasteiger charge is -1.98. The van der Waals surface area contributed by atoms with Gasteiger partial charge in [0.15, 0.2) is 0 Å². The summed E-state index contributed by atoms with van der Waals surface area (Å²) in [7, 11) is 0. The van der Waals surface area contributed by atoms with Crippen LogP contribution in [0.15, 0.2) is 29.8 Å². The first-order valence-corrected chi connectivity index (χ1v) is 5.51. The molecule has 2 rings (SSSR count). The van der Waals surface area contributed by atoms with Gasteiger partial charge < -0.3 is 5.73 Å². The van der Waals surface area contributed by atoms with Crippen LogP contribution in [-0.2, 0) is 19.5 Å². The molecular formula is C10H13N3S. The monoisotopic (exact) mass is 207 g/mol. The summed E-state index contributed by atoms with van der Waals surface area (Å²) in [4.78, 5) is 1.40. The second-order valence-corrected chi connectivity index (χ2v) is 4.14. The second-order valence-electron chi connectivity index (χ2n) is 3.10. The van der Waals surface area contributed by atoms with Gasteiger partial charge in [0.05, 0.1) is 5.69 Å². The number of aromatic nitrogens is 2. The van der Waals surface area contributed by atoms with Crippen molar-refractivity contribution in [2.24, 2.45) is 5.73 Å². The van der Waals surface area contributed by atoms with Crippen molar-refractivity contribution in [1.82, 2.24) is 9.78 Å². The molecule has 0 aliphatic rings. The fourth-order valence-corrected chi connectivity index (χ4v) is 2.01. The lowest BCUT2D eigenvalue weighted by Crippen LogP contribution is -2.03. The predicted molar refractivity (Wildman–Crippen MR) is 58.1 cm³/mol. The fourth-order valence-electron chi connectivity index (χ4n) is 1.32. The molecule has 2 aromatic rings. The van der Waals surface area contributed by atoms with Crippen LogP contribution in [0.2, 0.25) is 0 Å². The third-order valence-corrected chi connectivity index (χ3v) is 3.01. The standard InChI is InChI=1S/C10H13N3S/c11-8-9-3-5-13(12-9)6-4-10-2-1-7-14-10/h1-3,5,7H,4,6,8,11H2. The lowest BCUT2D eigenvalue weighted by molar-refractivity contribution is 0.609. The van der Waals surface area contributed by atoms with Gasteiger partial charge in [-0.15, -0.1) is 11.3 Å². The van der Waals surface area contributed by atoms with Crippen molar-refractivity contribution < 1.29 is 0 Å². The Kier molecular flexibility index (Phi) is 2.96. The van der Waals surface area contributed by atoms with Crippen molar-refractivity contribution >= 4 is 11.3 Å². The van der Waals surface area contributed by atoms with E-state index in [1.165, 1.54) is 4.88 Å². The van der Waals surface area contributed by atoms with Gasteiger partial charge in [-0.1, -0.05) is 6.07 Å². The van der Waals surface area contributed by atoms with Gasteiger partial charge >= 0.3 is 0 Å². The summed E-state index contributed by atoms with van der Waals surface area (Å²) in [6.45, 7) is 1.45. The van der Waals surface area contributed by atoms with E-state index in [0.717, 1.165) is 18.7 Å². The molecule has 0 atom stereocenters. The number of hydrogen-bond donors (Lipinski definition) is 1. The smallest absolute Gasteiger partial charge is 0.0760 e. The normalized spacial score (nSPS) is 10.6. The number of nitrogens with two attached hydrogens (primary N) is 1. The molecule has 0 amide bonds. The van der Waals surface area contributed by atoms with Gasteiger partial charge in [0.2, 0.25) is 0 Å². The Hall–Kier alpha value is -1.13. The summed E-state index contributed by atoms with van der Waals surface area (Å²) in [5.41, 5.74) is 6.43. The summed E-state index contributed by atoms with van der Waals surface area (Å²) >= 11 is 1.79. The summed E-state index contributed by atoms with van der Waals surface area (Å²) in [6.07, 6.45) is 3.03. The zero-order valence-corrected chi connectivity index (χ0v) is 8.70. The molecule has 0 spiro atoms. The number of nitrogens with zero attached hydrogens (tertiary/aromatic N) is 2. The van der Waals surface area contributed by atoms with Crippen LogP contribution < -0.4 is 5.73 Å². The Labute approximate surface area is 87.2 Å². The largest absolute Gasteiger partial charge is 0.325 e. The number of hydrogen-bond acceptors (Lipinski definition) is 3. The third kappa shape index (κ3) is 2.21. The van der Waals surface area contributed by atoms with Crippen LogP contribution in [0.4, 0.5) is 0 Å². The summed E-state index contributed by atoms with van der Waals surface area (Å²) in [5.74, 6) is 0. The highest BCUT2D eigenvalue weighted by atomic mass is 32.1. The van der Waals surface area contributed by atoms with E-state index < -0.39 is 0 Å². The SMILES string of the molecule is NCc1ccn(CCc2cccs2)n1. The van der Waals surface area contributed by atoms with Gasteiger partial charge in [0, 0.05) is 30.6 Å². The highest BCUT2D eigenvalue weighted by molar-refractivity contribution is 7.09. The van der Waals surface area contributed by atoms with E-state index >= 15 is 0 Å². The van der Waals surface area contributed by atoms with Crippen molar-refractivity contribution in [2.45, 2.75) is 19.5 Å². The van der Waals surface area contributed by atoms with Crippen molar-refractivity contribution in [3.8, 4) is 0 Å². The maximum absolute atomic E-state index is 5.48. The molecule has 3 nitrogen and oxygen atoms in total. The lowest BCUT2D eigenvalue weighted by atomic mass is 10.3. The maximum Gasteiger partial charge on any atom is 0.0760 e. The van der Waals surface area contributed by atoms with E-state index in [9.17, 15) is 0 Å². The summed E-state index contributed by atoms with van der Waals surface area (Å²) in [6, 6.07) is 6.20. The Balaban J connectivity index is 1.92. The number of thiophene rings is 1. The molecule has 2 N–H and O–H groups in total. The van der Waals surface area contributed by atoms with Gasteiger partial charge in [-0.2, -0.15) is 5.10 Å². The van der Waals surface area contributed by atoms with E-state index in [0.29, 0.717) is 6.54 Å². The minimum Gasteiger partial charge on any atom is -0.325 e. The van der Waals surface area contributed by atoms with Crippen molar-refractivity contribution in [1.29, 1.82) is 0 Å². The van der Waals surface area contributed by atoms with E-state index in [1.54, 1.807) is 11.3 Å². The Morgan fingerprint density at radius 2 is 2.36 bits per heavy atom. The molecule has 0 aliphatic carbocycles. The highest BCUT2D eigenvalue weighted by Crippen LogP contribution is 2.09. The second kappa shape index (κ2) is 4.39. The van der Waals surface area contributed by atoms with Crippen LogP contribution >= 0.6 is 11.3 Å². The predicted octanol–water partition coefficient (Wildman–Crippen LogP) is 1.65. The molecule has 0 radical (unpaired) electrons. The molecule has 2 aromatic heterocycles. The van der Waals surface area contributed by atoms with E-state index in [4.69, 9.17) is 5.73 Å². The van der Waals surface area contributed by atoms with Gasteiger partial charge in [-0.05, 0) is 17.5 Å². The molecule has 0 bridgehead atoms. The topological polar surface area (TPSA) is 43.8 Å². The van der Waals surface area contributed by atoms with Crippen LogP contribution in [-0.4, -0.2) is 9.78 Å². The minimum atomic E-state index is 0.520. The first kappa shape index (κ1) is 9.43. The van der Waals surface area contributed by atoms with Crippen LogP contribution in [0.5, 0.6) is 0 Å². The van der Waals surface area contributed by atoms with Gasteiger partial charge in [-0.3, -0.25) is 4.68 Å². The zero-order chi connectivity index (χ0) is 9.80. The number of rotatable bonds is 4. The maximum atomic E-state index is 5.48. The van der Waals surface area contributed by atoms with Crippen LogP contribution in [0.3, 0.4) is 0 Å². The molecule has 0 aliphatic heterocycles. The van der Waals surface area contributed by atoms with Crippen molar-refractivity contribution in [3.05, 3.63) is 40.3 Å². The quantitative estimate of drug-likeness (QED) is 0.828.